The molecule has 26 heavy (non-hydrogen) atoms. The van der Waals surface area contributed by atoms with E-state index < -0.39 is 11.3 Å². The molecule has 0 aliphatic carbocycles. The van der Waals surface area contributed by atoms with Crippen molar-refractivity contribution in [2.24, 2.45) is 5.41 Å². The molecule has 0 aromatic heterocycles. The minimum absolute atomic E-state index is 0.178. The van der Waals surface area contributed by atoms with E-state index in [1.54, 1.807) is 47.9 Å². The second kappa shape index (κ2) is 7.99. The average Bonchev–Trinajstić information content (AvgIpc) is 2.62. The maximum atomic E-state index is 12.7. The topological polar surface area (TPSA) is 98.8 Å². The lowest BCUT2D eigenvalue weighted by molar-refractivity contribution is -0.148. The van der Waals surface area contributed by atoms with Gasteiger partial charge in [0.05, 0.1) is 0 Å². The highest BCUT2D eigenvalue weighted by Crippen LogP contribution is 2.23. The van der Waals surface area contributed by atoms with Crippen molar-refractivity contribution in [3.63, 3.8) is 0 Å². The van der Waals surface area contributed by atoms with E-state index in [-0.39, 0.29) is 11.8 Å². The number of rotatable bonds is 5. The van der Waals surface area contributed by atoms with Gasteiger partial charge in [0.2, 0.25) is 24.1 Å². The molecular formula is C18H24N4O4. The molecule has 0 unspecified atom stereocenters. The van der Waals surface area contributed by atoms with Crippen molar-refractivity contribution in [3.8, 4) is 0 Å². The molecule has 0 radical (unpaired) electrons. The fourth-order valence-electron chi connectivity index (χ4n) is 2.65. The van der Waals surface area contributed by atoms with E-state index in [1.165, 1.54) is 6.92 Å². The predicted molar refractivity (Wildman–Crippen MR) is 97.4 cm³/mol. The van der Waals surface area contributed by atoms with Gasteiger partial charge in [-0.25, -0.2) is 0 Å². The van der Waals surface area contributed by atoms with Crippen LogP contribution in [0.25, 0.3) is 0 Å². The lowest BCUT2D eigenvalue weighted by atomic mass is 9.89. The Bertz CT molecular complexity index is 692. The molecule has 2 rings (SSSR count). The lowest BCUT2D eigenvalue weighted by Crippen LogP contribution is -2.54. The van der Waals surface area contributed by atoms with Crippen LogP contribution in [-0.2, 0) is 19.2 Å². The molecule has 8 heteroatoms. The number of carbonyl (C=O) groups is 4. The Morgan fingerprint density at radius 3 is 1.92 bits per heavy atom. The predicted octanol–water partition coefficient (Wildman–Crippen LogP) is 0.910. The van der Waals surface area contributed by atoms with E-state index in [2.05, 4.69) is 10.6 Å². The Labute approximate surface area is 152 Å². The van der Waals surface area contributed by atoms with Gasteiger partial charge in [0.25, 0.3) is 0 Å². The summed E-state index contributed by atoms with van der Waals surface area (Å²) >= 11 is 0. The van der Waals surface area contributed by atoms with E-state index >= 15 is 0 Å². The summed E-state index contributed by atoms with van der Waals surface area (Å²) in [5.41, 5.74) is -0.0748. The SMILES string of the molecule is CC(=O)Nc1ccc(NC(=O)C(C)(C)C(=O)N2CCN(C=O)CC2)cc1. The van der Waals surface area contributed by atoms with Gasteiger partial charge in [0.15, 0.2) is 0 Å². The van der Waals surface area contributed by atoms with E-state index in [0.29, 0.717) is 37.6 Å². The Balaban J connectivity index is 1.99. The number of nitrogens with one attached hydrogen (secondary N) is 2. The number of hydrogen-bond donors (Lipinski definition) is 2. The van der Waals surface area contributed by atoms with Crippen LogP contribution in [-0.4, -0.2) is 60.1 Å². The minimum Gasteiger partial charge on any atom is -0.342 e. The van der Waals surface area contributed by atoms with Crippen LogP contribution in [0.2, 0.25) is 0 Å². The third-order valence-corrected chi connectivity index (χ3v) is 4.32. The second-order valence-electron chi connectivity index (χ2n) is 6.77. The third kappa shape index (κ3) is 4.59. The molecule has 8 nitrogen and oxygen atoms in total. The Hall–Kier alpha value is -2.90. The van der Waals surface area contributed by atoms with Crippen molar-refractivity contribution in [1.82, 2.24) is 9.80 Å². The molecule has 0 spiro atoms. The summed E-state index contributed by atoms with van der Waals surface area (Å²) in [6, 6.07) is 6.66. The standard InChI is InChI=1S/C18H24N4O4/c1-13(24)19-14-4-6-15(7-5-14)20-16(25)18(2,3)17(26)22-10-8-21(12-23)9-11-22/h4-7,12H,8-11H2,1-3H3,(H,19,24)(H,20,25). The first-order valence-corrected chi connectivity index (χ1v) is 8.42. The number of piperazine rings is 1. The molecule has 1 saturated heterocycles. The van der Waals surface area contributed by atoms with E-state index in [1.807, 2.05) is 0 Å². The van der Waals surface area contributed by atoms with Gasteiger partial charge in [-0.15, -0.1) is 0 Å². The van der Waals surface area contributed by atoms with Gasteiger partial charge in [-0.2, -0.15) is 0 Å². The first kappa shape index (κ1) is 19.4. The van der Waals surface area contributed by atoms with Gasteiger partial charge < -0.3 is 20.4 Å². The average molecular weight is 360 g/mol. The molecule has 140 valence electrons. The van der Waals surface area contributed by atoms with Crippen LogP contribution < -0.4 is 10.6 Å². The maximum absolute atomic E-state index is 12.7. The molecule has 1 aromatic rings. The summed E-state index contributed by atoms with van der Waals surface area (Å²) in [5, 5.41) is 5.38. The van der Waals surface area contributed by atoms with Crippen molar-refractivity contribution in [2.75, 3.05) is 36.8 Å². The van der Waals surface area contributed by atoms with Gasteiger partial charge in [-0.3, -0.25) is 19.2 Å². The molecule has 4 amide bonds. The van der Waals surface area contributed by atoms with Crippen LogP contribution >= 0.6 is 0 Å². The van der Waals surface area contributed by atoms with Crippen molar-refractivity contribution in [1.29, 1.82) is 0 Å². The zero-order chi connectivity index (χ0) is 19.3. The highest BCUT2D eigenvalue weighted by Gasteiger charge is 2.40. The van der Waals surface area contributed by atoms with Gasteiger partial charge >= 0.3 is 0 Å². The largest absolute Gasteiger partial charge is 0.342 e. The number of nitrogens with zero attached hydrogens (tertiary/aromatic N) is 2. The fraction of sp³-hybridized carbons (Fsp3) is 0.444. The molecule has 2 N–H and O–H groups in total. The van der Waals surface area contributed by atoms with Crippen molar-refractivity contribution >= 4 is 35.5 Å². The molecular weight excluding hydrogens is 336 g/mol. The van der Waals surface area contributed by atoms with E-state index in [9.17, 15) is 19.2 Å². The van der Waals surface area contributed by atoms with E-state index in [0.717, 1.165) is 6.41 Å². The first-order valence-electron chi connectivity index (χ1n) is 8.42. The molecule has 1 fully saturated rings. The summed E-state index contributed by atoms with van der Waals surface area (Å²) in [5.74, 6) is -0.855. The molecule has 1 aromatic carbocycles. The molecule has 1 aliphatic heterocycles. The molecule has 0 bridgehead atoms. The molecule has 0 atom stereocenters. The van der Waals surface area contributed by atoms with E-state index in [4.69, 9.17) is 0 Å². The van der Waals surface area contributed by atoms with Crippen LogP contribution in [0, 0.1) is 5.41 Å². The van der Waals surface area contributed by atoms with Crippen molar-refractivity contribution in [2.45, 2.75) is 20.8 Å². The summed E-state index contributed by atoms with van der Waals surface area (Å²) < 4.78 is 0. The first-order chi connectivity index (χ1) is 12.2. The highest BCUT2D eigenvalue weighted by molar-refractivity contribution is 6.10. The maximum Gasteiger partial charge on any atom is 0.239 e. The minimum atomic E-state index is -1.24. The second-order valence-corrected chi connectivity index (χ2v) is 6.77. The Morgan fingerprint density at radius 1 is 0.962 bits per heavy atom. The number of amides is 4. The van der Waals surface area contributed by atoms with Gasteiger partial charge in [-0.1, -0.05) is 0 Å². The van der Waals surface area contributed by atoms with Gasteiger partial charge in [-0.05, 0) is 38.1 Å². The van der Waals surface area contributed by atoms with Crippen LogP contribution in [0.5, 0.6) is 0 Å². The summed E-state index contributed by atoms with van der Waals surface area (Å²) in [6.07, 6.45) is 0.768. The molecule has 1 heterocycles. The Kier molecular flexibility index (Phi) is 5.97. The summed E-state index contributed by atoms with van der Waals surface area (Å²) in [4.78, 5) is 50.3. The number of hydrogen-bond acceptors (Lipinski definition) is 4. The molecule has 0 saturated carbocycles. The number of carbonyl (C=O) groups excluding carboxylic acids is 4. The zero-order valence-corrected chi connectivity index (χ0v) is 15.2. The highest BCUT2D eigenvalue weighted by atomic mass is 16.2. The zero-order valence-electron chi connectivity index (χ0n) is 15.2. The monoisotopic (exact) mass is 360 g/mol. The third-order valence-electron chi connectivity index (χ3n) is 4.32. The van der Waals surface area contributed by atoms with Crippen molar-refractivity contribution in [3.05, 3.63) is 24.3 Å². The lowest BCUT2D eigenvalue weighted by Gasteiger charge is -2.36. The van der Waals surface area contributed by atoms with Crippen LogP contribution in [0.1, 0.15) is 20.8 Å². The number of anilines is 2. The van der Waals surface area contributed by atoms with Crippen LogP contribution in [0.3, 0.4) is 0 Å². The fourth-order valence-corrected chi connectivity index (χ4v) is 2.65. The smallest absolute Gasteiger partial charge is 0.239 e. The molecule has 1 aliphatic rings. The van der Waals surface area contributed by atoms with Gasteiger partial charge in [0, 0.05) is 44.5 Å². The quantitative estimate of drug-likeness (QED) is 0.602. The summed E-state index contributed by atoms with van der Waals surface area (Å²) in [6.45, 7) is 6.36. The van der Waals surface area contributed by atoms with Crippen LogP contribution in [0.15, 0.2) is 24.3 Å². The Morgan fingerprint density at radius 2 is 1.46 bits per heavy atom. The van der Waals surface area contributed by atoms with Gasteiger partial charge in [0.1, 0.15) is 5.41 Å². The number of benzene rings is 1. The van der Waals surface area contributed by atoms with Crippen molar-refractivity contribution < 1.29 is 19.2 Å². The normalized spacial score (nSPS) is 14.6. The van der Waals surface area contributed by atoms with Crippen LogP contribution in [0.4, 0.5) is 11.4 Å². The summed E-state index contributed by atoms with van der Waals surface area (Å²) in [7, 11) is 0.